The van der Waals surface area contributed by atoms with Crippen molar-refractivity contribution in [3.8, 4) is 0 Å². The van der Waals surface area contributed by atoms with Gasteiger partial charge in [0.05, 0.1) is 6.10 Å². The van der Waals surface area contributed by atoms with Gasteiger partial charge in [-0.25, -0.2) is 0 Å². The molecule has 0 bridgehead atoms. The minimum atomic E-state index is -0.100. The van der Waals surface area contributed by atoms with Crippen LogP contribution >= 0.6 is 0 Å². The van der Waals surface area contributed by atoms with E-state index >= 15 is 0 Å². The number of hydrogen-bond donors (Lipinski definition) is 3. The van der Waals surface area contributed by atoms with Crippen LogP contribution in [-0.2, 0) is 0 Å². The van der Waals surface area contributed by atoms with E-state index in [1.807, 2.05) is 0 Å². The molecule has 1 saturated carbocycles. The van der Waals surface area contributed by atoms with Gasteiger partial charge in [-0.1, -0.05) is 0 Å². The first kappa shape index (κ1) is 18.5. The summed E-state index contributed by atoms with van der Waals surface area (Å²) in [6.07, 6.45) is 6.37. The summed E-state index contributed by atoms with van der Waals surface area (Å²) in [5.74, 6) is 1.63. The first-order chi connectivity index (χ1) is 11.1. The predicted molar refractivity (Wildman–Crippen MR) is 96.8 cm³/mol. The van der Waals surface area contributed by atoms with E-state index < -0.39 is 0 Å². The van der Waals surface area contributed by atoms with Crippen LogP contribution in [0, 0.1) is 5.92 Å². The lowest BCUT2D eigenvalue weighted by Gasteiger charge is -2.35. The number of hydrogen-bond acceptors (Lipinski definition) is 3. The van der Waals surface area contributed by atoms with E-state index in [9.17, 15) is 5.11 Å². The van der Waals surface area contributed by atoms with E-state index in [0.29, 0.717) is 18.0 Å². The van der Waals surface area contributed by atoms with Crippen LogP contribution < -0.4 is 10.6 Å². The number of aliphatic hydroxyl groups is 1. The Kier molecular flexibility index (Phi) is 7.63. The molecule has 3 N–H and O–H groups in total. The summed E-state index contributed by atoms with van der Waals surface area (Å²) in [6.45, 7) is 10.9. The molecule has 1 unspecified atom stereocenters. The number of aliphatic imine (C=N–C) groups is 1. The van der Waals surface area contributed by atoms with Gasteiger partial charge in [0.1, 0.15) is 0 Å². The number of guanidine groups is 1. The standard InChI is InChI=1S/C18H36N4O/c1-4-19-18(21-16-7-9-17(23)10-8-16)20-12-15-6-5-11-22(13-15)14(2)3/h14-17,23H,4-13H2,1-3H3,(H2,19,20,21). The Morgan fingerprint density at radius 1 is 1.22 bits per heavy atom. The zero-order chi connectivity index (χ0) is 16.7. The Bertz CT molecular complexity index is 364. The molecule has 0 aromatic heterocycles. The van der Waals surface area contributed by atoms with Crippen molar-refractivity contribution in [3.05, 3.63) is 0 Å². The normalized spacial score (nSPS) is 30.5. The summed E-state index contributed by atoms with van der Waals surface area (Å²) < 4.78 is 0. The molecular weight excluding hydrogens is 288 g/mol. The van der Waals surface area contributed by atoms with Crippen molar-refractivity contribution in [3.63, 3.8) is 0 Å². The highest BCUT2D eigenvalue weighted by molar-refractivity contribution is 5.80. The van der Waals surface area contributed by atoms with Gasteiger partial charge in [-0.2, -0.15) is 0 Å². The fourth-order valence-corrected chi connectivity index (χ4v) is 3.67. The number of nitrogens with one attached hydrogen (secondary N) is 2. The largest absolute Gasteiger partial charge is 0.393 e. The van der Waals surface area contributed by atoms with Gasteiger partial charge in [0.2, 0.25) is 0 Å². The van der Waals surface area contributed by atoms with Crippen LogP contribution in [0.15, 0.2) is 4.99 Å². The average Bonchev–Trinajstić information content (AvgIpc) is 2.55. The second kappa shape index (κ2) is 9.48. The maximum atomic E-state index is 9.63. The van der Waals surface area contributed by atoms with Gasteiger partial charge in [-0.05, 0) is 71.8 Å². The van der Waals surface area contributed by atoms with Gasteiger partial charge >= 0.3 is 0 Å². The Morgan fingerprint density at radius 2 is 1.96 bits per heavy atom. The average molecular weight is 325 g/mol. The molecular formula is C18H36N4O. The van der Waals surface area contributed by atoms with Gasteiger partial charge in [0.25, 0.3) is 0 Å². The molecule has 2 aliphatic rings. The lowest BCUT2D eigenvalue weighted by molar-refractivity contribution is 0.120. The van der Waals surface area contributed by atoms with Crippen LogP contribution in [0.25, 0.3) is 0 Å². The molecule has 0 aromatic rings. The van der Waals surface area contributed by atoms with Crippen molar-refractivity contribution >= 4 is 5.96 Å². The molecule has 0 radical (unpaired) electrons. The molecule has 1 atom stereocenters. The Balaban J connectivity index is 1.83. The number of piperidine rings is 1. The van der Waals surface area contributed by atoms with E-state index in [2.05, 4.69) is 36.3 Å². The molecule has 0 amide bonds. The van der Waals surface area contributed by atoms with E-state index in [1.54, 1.807) is 0 Å². The van der Waals surface area contributed by atoms with Crippen LogP contribution in [0.1, 0.15) is 59.3 Å². The van der Waals surface area contributed by atoms with Crippen molar-refractivity contribution in [2.45, 2.75) is 77.5 Å². The van der Waals surface area contributed by atoms with Crippen LogP contribution in [0.2, 0.25) is 0 Å². The highest BCUT2D eigenvalue weighted by Gasteiger charge is 2.22. The molecule has 1 aliphatic heterocycles. The van der Waals surface area contributed by atoms with Gasteiger partial charge < -0.3 is 20.6 Å². The topological polar surface area (TPSA) is 59.9 Å². The lowest BCUT2D eigenvalue weighted by atomic mass is 9.93. The summed E-state index contributed by atoms with van der Waals surface area (Å²) >= 11 is 0. The highest BCUT2D eigenvalue weighted by atomic mass is 16.3. The number of likely N-dealkylation sites (tertiary alicyclic amines) is 1. The molecule has 5 nitrogen and oxygen atoms in total. The minimum Gasteiger partial charge on any atom is -0.393 e. The summed E-state index contributed by atoms with van der Waals surface area (Å²) in [5.41, 5.74) is 0. The fraction of sp³-hybridized carbons (Fsp3) is 0.944. The molecule has 1 aliphatic carbocycles. The third-order valence-corrected chi connectivity index (χ3v) is 5.17. The van der Waals surface area contributed by atoms with Crippen LogP contribution in [0.5, 0.6) is 0 Å². The van der Waals surface area contributed by atoms with Gasteiger partial charge in [0.15, 0.2) is 5.96 Å². The molecule has 2 rings (SSSR count). The van der Waals surface area contributed by atoms with Crippen molar-refractivity contribution in [2.75, 3.05) is 26.2 Å². The minimum absolute atomic E-state index is 0.100. The summed E-state index contributed by atoms with van der Waals surface area (Å²) in [7, 11) is 0. The number of nitrogens with zero attached hydrogens (tertiary/aromatic N) is 2. The first-order valence-electron chi connectivity index (χ1n) is 9.55. The lowest BCUT2D eigenvalue weighted by Crippen LogP contribution is -2.46. The Labute approximate surface area is 141 Å². The second-order valence-corrected chi connectivity index (χ2v) is 7.47. The van der Waals surface area contributed by atoms with Crippen molar-refractivity contribution < 1.29 is 5.11 Å². The zero-order valence-corrected chi connectivity index (χ0v) is 15.2. The van der Waals surface area contributed by atoms with Gasteiger partial charge in [0, 0.05) is 31.7 Å². The molecule has 23 heavy (non-hydrogen) atoms. The maximum Gasteiger partial charge on any atom is 0.191 e. The second-order valence-electron chi connectivity index (χ2n) is 7.47. The van der Waals surface area contributed by atoms with E-state index in [1.165, 1.54) is 25.9 Å². The molecule has 0 aromatic carbocycles. The van der Waals surface area contributed by atoms with Gasteiger partial charge in [-0.3, -0.25) is 4.99 Å². The third kappa shape index (κ3) is 6.30. The summed E-state index contributed by atoms with van der Waals surface area (Å²) in [5, 5.41) is 16.6. The Morgan fingerprint density at radius 3 is 2.61 bits per heavy atom. The van der Waals surface area contributed by atoms with E-state index in [-0.39, 0.29) is 6.10 Å². The molecule has 1 saturated heterocycles. The highest BCUT2D eigenvalue weighted by Crippen LogP contribution is 2.19. The Hall–Kier alpha value is -0.810. The SMILES string of the molecule is CCNC(=NCC1CCCN(C(C)C)C1)NC1CCC(O)CC1. The maximum absolute atomic E-state index is 9.63. The van der Waals surface area contributed by atoms with Crippen molar-refractivity contribution in [2.24, 2.45) is 10.9 Å². The molecule has 2 fully saturated rings. The van der Waals surface area contributed by atoms with Crippen molar-refractivity contribution in [1.82, 2.24) is 15.5 Å². The summed E-state index contributed by atoms with van der Waals surface area (Å²) in [4.78, 5) is 7.43. The van der Waals surface area contributed by atoms with Crippen LogP contribution in [0.4, 0.5) is 0 Å². The van der Waals surface area contributed by atoms with E-state index in [4.69, 9.17) is 4.99 Å². The predicted octanol–water partition coefficient (Wildman–Crippen LogP) is 1.97. The summed E-state index contributed by atoms with van der Waals surface area (Å²) in [6, 6.07) is 1.09. The van der Waals surface area contributed by atoms with E-state index in [0.717, 1.165) is 44.7 Å². The zero-order valence-electron chi connectivity index (χ0n) is 15.2. The van der Waals surface area contributed by atoms with Gasteiger partial charge in [-0.15, -0.1) is 0 Å². The van der Waals surface area contributed by atoms with Crippen molar-refractivity contribution in [1.29, 1.82) is 0 Å². The third-order valence-electron chi connectivity index (χ3n) is 5.17. The first-order valence-corrected chi connectivity index (χ1v) is 9.55. The molecule has 5 heteroatoms. The molecule has 1 heterocycles. The smallest absolute Gasteiger partial charge is 0.191 e. The monoisotopic (exact) mass is 324 g/mol. The fourth-order valence-electron chi connectivity index (χ4n) is 3.67. The van der Waals surface area contributed by atoms with Crippen LogP contribution in [-0.4, -0.2) is 60.3 Å². The molecule has 0 spiro atoms. The number of aliphatic hydroxyl groups excluding tert-OH is 1. The molecule has 134 valence electrons. The number of rotatable bonds is 5. The quantitative estimate of drug-likeness (QED) is 0.534. The van der Waals surface area contributed by atoms with Crippen LogP contribution in [0.3, 0.4) is 0 Å².